The van der Waals surface area contributed by atoms with Crippen LogP contribution in [0.25, 0.3) is 0 Å². The minimum absolute atomic E-state index is 0.125. The van der Waals surface area contributed by atoms with Crippen LogP contribution in [0.2, 0.25) is 0 Å². The highest BCUT2D eigenvalue weighted by molar-refractivity contribution is 5.94. The van der Waals surface area contributed by atoms with Gasteiger partial charge in [0.15, 0.2) is 0 Å². The van der Waals surface area contributed by atoms with Crippen LogP contribution in [-0.4, -0.2) is 11.9 Å². The van der Waals surface area contributed by atoms with Gasteiger partial charge in [-0.2, -0.15) is 0 Å². The molecule has 112 valence electrons. The summed E-state index contributed by atoms with van der Waals surface area (Å²) in [6.45, 7) is 9.98. The lowest BCUT2D eigenvalue weighted by molar-refractivity contribution is -0.119. The van der Waals surface area contributed by atoms with E-state index in [9.17, 15) is 9.18 Å². The van der Waals surface area contributed by atoms with E-state index in [1.165, 1.54) is 6.07 Å². The molecule has 1 amide bonds. The molecule has 3 heteroatoms. The number of hydrogen-bond donors (Lipinski definition) is 0. The van der Waals surface area contributed by atoms with Crippen molar-refractivity contribution in [2.24, 2.45) is 5.92 Å². The van der Waals surface area contributed by atoms with E-state index in [-0.39, 0.29) is 17.8 Å². The molecule has 0 N–H and O–H groups in total. The number of carbonyl (C=O) groups is 1. The number of amides is 1. The third-order valence-electron chi connectivity index (χ3n) is 3.58. The van der Waals surface area contributed by atoms with Gasteiger partial charge < -0.3 is 4.90 Å². The number of anilines is 1. The Hall–Kier alpha value is -1.38. The molecule has 0 spiro atoms. The van der Waals surface area contributed by atoms with Gasteiger partial charge in [0, 0.05) is 18.2 Å². The molecule has 0 aliphatic carbocycles. The minimum Gasteiger partial charge on any atom is -0.309 e. The fraction of sp³-hybridized carbons (Fsp3) is 0.588. The zero-order valence-electron chi connectivity index (χ0n) is 13.2. The van der Waals surface area contributed by atoms with Crippen LogP contribution < -0.4 is 4.90 Å². The second-order valence-corrected chi connectivity index (χ2v) is 5.77. The van der Waals surface area contributed by atoms with E-state index in [4.69, 9.17) is 0 Å². The van der Waals surface area contributed by atoms with E-state index in [0.29, 0.717) is 17.9 Å². The van der Waals surface area contributed by atoms with Gasteiger partial charge in [0.05, 0.1) is 0 Å². The number of halogens is 1. The average Bonchev–Trinajstić information content (AvgIpc) is 2.38. The van der Waals surface area contributed by atoms with Crippen molar-refractivity contribution < 1.29 is 9.18 Å². The van der Waals surface area contributed by atoms with Crippen molar-refractivity contribution in [1.82, 2.24) is 0 Å². The monoisotopic (exact) mass is 279 g/mol. The summed E-state index contributed by atoms with van der Waals surface area (Å²) >= 11 is 0. The first-order valence-corrected chi connectivity index (χ1v) is 7.48. The zero-order chi connectivity index (χ0) is 15.3. The Kier molecular flexibility index (Phi) is 6.18. The third kappa shape index (κ3) is 4.06. The Bertz CT molecular complexity index is 452. The highest BCUT2D eigenvalue weighted by atomic mass is 19.1. The standard InChI is InChI=1S/C17H26FNO/c1-6-14(7-2)19(17(20)10-12(3)4)15-8-9-16(18)13(5)11-15/h8-9,11-12,14H,6-7,10H2,1-5H3. The summed E-state index contributed by atoms with van der Waals surface area (Å²) in [7, 11) is 0. The smallest absolute Gasteiger partial charge is 0.227 e. The second kappa shape index (κ2) is 7.41. The van der Waals surface area contributed by atoms with Gasteiger partial charge in [-0.1, -0.05) is 27.7 Å². The molecule has 0 unspecified atom stereocenters. The molecular weight excluding hydrogens is 253 g/mol. The van der Waals surface area contributed by atoms with Crippen molar-refractivity contribution in [3.8, 4) is 0 Å². The number of nitrogens with zero attached hydrogens (tertiary/aromatic N) is 1. The van der Waals surface area contributed by atoms with Gasteiger partial charge in [-0.3, -0.25) is 4.79 Å². The van der Waals surface area contributed by atoms with Crippen molar-refractivity contribution in [3.63, 3.8) is 0 Å². The van der Waals surface area contributed by atoms with Gasteiger partial charge in [0.1, 0.15) is 5.82 Å². The quantitative estimate of drug-likeness (QED) is 0.739. The van der Waals surface area contributed by atoms with Crippen LogP contribution in [0, 0.1) is 18.7 Å². The maximum atomic E-state index is 13.4. The van der Waals surface area contributed by atoms with Crippen molar-refractivity contribution in [2.75, 3.05) is 4.90 Å². The first-order chi connectivity index (χ1) is 9.40. The summed E-state index contributed by atoms with van der Waals surface area (Å²) in [5.74, 6) is 0.218. The Labute approximate surface area is 122 Å². The van der Waals surface area contributed by atoms with Crippen molar-refractivity contribution in [3.05, 3.63) is 29.6 Å². The summed E-state index contributed by atoms with van der Waals surface area (Å²) in [6.07, 6.45) is 2.32. The fourth-order valence-electron chi connectivity index (χ4n) is 2.44. The maximum Gasteiger partial charge on any atom is 0.227 e. The Morgan fingerprint density at radius 1 is 1.25 bits per heavy atom. The Balaban J connectivity index is 3.14. The van der Waals surface area contributed by atoms with E-state index in [1.807, 2.05) is 18.7 Å². The number of carbonyl (C=O) groups excluding carboxylic acids is 1. The van der Waals surface area contributed by atoms with E-state index in [0.717, 1.165) is 18.5 Å². The van der Waals surface area contributed by atoms with Crippen LogP contribution in [0.4, 0.5) is 10.1 Å². The molecule has 0 aromatic heterocycles. The van der Waals surface area contributed by atoms with Gasteiger partial charge >= 0.3 is 0 Å². The third-order valence-corrected chi connectivity index (χ3v) is 3.58. The summed E-state index contributed by atoms with van der Waals surface area (Å²) in [4.78, 5) is 14.4. The predicted molar refractivity (Wildman–Crippen MR) is 82.4 cm³/mol. The number of aryl methyl sites for hydroxylation is 1. The molecule has 0 saturated heterocycles. The summed E-state index contributed by atoms with van der Waals surface area (Å²) in [5.41, 5.74) is 1.39. The molecule has 1 aromatic carbocycles. The van der Waals surface area contributed by atoms with Crippen LogP contribution in [0.15, 0.2) is 18.2 Å². The predicted octanol–water partition coefficient (Wildman–Crippen LogP) is 4.70. The summed E-state index contributed by atoms with van der Waals surface area (Å²) in [6, 6.07) is 5.10. The molecule has 0 radical (unpaired) electrons. The molecule has 0 fully saturated rings. The van der Waals surface area contributed by atoms with Crippen molar-refractivity contribution >= 4 is 11.6 Å². The summed E-state index contributed by atoms with van der Waals surface area (Å²) < 4.78 is 13.4. The normalized spacial score (nSPS) is 11.2. The van der Waals surface area contributed by atoms with E-state index < -0.39 is 0 Å². The molecule has 0 bridgehead atoms. The van der Waals surface area contributed by atoms with Gasteiger partial charge in [-0.05, 0) is 49.4 Å². The van der Waals surface area contributed by atoms with Gasteiger partial charge in [0.25, 0.3) is 0 Å². The van der Waals surface area contributed by atoms with Gasteiger partial charge in [0.2, 0.25) is 5.91 Å². The second-order valence-electron chi connectivity index (χ2n) is 5.77. The van der Waals surface area contributed by atoms with Crippen LogP contribution in [0.1, 0.15) is 52.5 Å². The SMILES string of the molecule is CCC(CC)N(C(=O)CC(C)C)c1ccc(F)c(C)c1. The first-order valence-electron chi connectivity index (χ1n) is 7.48. The lowest BCUT2D eigenvalue weighted by Crippen LogP contribution is -2.40. The number of rotatable bonds is 6. The molecule has 0 aliphatic heterocycles. The topological polar surface area (TPSA) is 20.3 Å². The van der Waals surface area contributed by atoms with Crippen LogP contribution in [0.5, 0.6) is 0 Å². The lowest BCUT2D eigenvalue weighted by atomic mass is 10.0. The van der Waals surface area contributed by atoms with Crippen molar-refractivity contribution in [1.29, 1.82) is 0 Å². The molecular formula is C17H26FNO. The molecule has 2 nitrogen and oxygen atoms in total. The largest absolute Gasteiger partial charge is 0.309 e. The first kappa shape index (κ1) is 16.7. The number of hydrogen-bond acceptors (Lipinski definition) is 1. The fourth-order valence-corrected chi connectivity index (χ4v) is 2.44. The molecule has 0 aliphatic rings. The molecule has 0 atom stereocenters. The lowest BCUT2D eigenvalue weighted by Gasteiger charge is -2.31. The summed E-state index contributed by atoms with van der Waals surface area (Å²) in [5, 5.41) is 0. The van der Waals surface area contributed by atoms with Crippen molar-refractivity contribution in [2.45, 2.75) is 59.9 Å². The van der Waals surface area contributed by atoms with Crippen LogP contribution in [0.3, 0.4) is 0 Å². The molecule has 1 rings (SSSR count). The van der Waals surface area contributed by atoms with Crippen LogP contribution >= 0.6 is 0 Å². The number of benzene rings is 1. The van der Waals surface area contributed by atoms with E-state index in [1.54, 1.807) is 19.1 Å². The van der Waals surface area contributed by atoms with E-state index >= 15 is 0 Å². The van der Waals surface area contributed by atoms with E-state index in [2.05, 4.69) is 13.8 Å². The highest BCUT2D eigenvalue weighted by Crippen LogP contribution is 2.25. The molecule has 0 heterocycles. The Morgan fingerprint density at radius 2 is 1.85 bits per heavy atom. The van der Waals surface area contributed by atoms with Gasteiger partial charge in [-0.25, -0.2) is 4.39 Å². The maximum absolute atomic E-state index is 13.4. The molecule has 1 aromatic rings. The zero-order valence-corrected chi connectivity index (χ0v) is 13.2. The minimum atomic E-state index is -0.227. The van der Waals surface area contributed by atoms with Crippen LogP contribution in [-0.2, 0) is 4.79 Å². The average molecular weight is 279 g/mol. The Morgan fingerprint density at radius 3 is 2.30 bits per heavy atom. The highest BCUT2D eigenvalue weighted by Gasteiger charge is 2.23. The molecule has 0 saturated carbocycles. The van der Waals surface area contributed by atoms with Gasteiger partial charge in [-0.15, -0.1) is 0 Å². The molecule has 20 heavy (non-hydrogen) atoms.